The van der Waals surface area contributed by atoms with Crippen molar-refractivity contribution in [1.29, 1.82) is 0 Å². The fourth-order valence-electron chi connectivity index (χ4n) is 4.03. The fraction of sp³-hybridized carbons (Fsp3) is 0.375. The Morgan fingerprint density at radius 1 is 0.935 bits per heavy atom. The number of benzene rings is 2. The van der Waals surface area contributed by atoms with E-state index >= 15 is 0 Å². The first-order valence-corrected chi connectivity index (χ1v) is 10.6. The Bertz CT molecular complexity index is 922. The summed E-state index contributed by atoms with van der Waals surface area (Å²) in [6.45, 7) is 2.05. The van der Waals surface area contributed by atoms with Crippen LogP contribution in [-0.4, -0.2) is 49.4 Å². The molecule has 31 heavy (non-hydrogen) atoms. The number of hydrogen-bond donors (Lipinski definition) is 2. The van der Waals surface area contributed by atoms with Crippen LogP contribution in [0.15, 0.2) is 59.6 Å². The van der Waals surface area contributed by atoms with Gasteiger partial charge in [0.25, 0.3) is 11.8 Å². The molecule has 1 aliphatic carbocycles. The van der Waals surface area contributed by atoms with Gasteiger partial charge in [-0.3, -0.25) is 19.5 Å². The maximum Gasteiger partial charge on any atom is 0.261 e. The molecule has 0 saturated heterocycles. The van der Waals surface area contributed by atoms with Crippen molar-refractivity contribution in [2.75, 3.05) is 26.7 Å². The van der Waals surface area contributed by atoms with Gasteiger partial charge < -0.3 is 10.6 Å². The third-order valence-corrected chi connectivity index (χ3v) is 6.04. The van der Waals surface area contributed by atoms with Gasteiger partial charge in [-0.25, -0.2) is 0 Å². The first-order valence-electron chi connectivity index (χ1n) is 10.6. The van der Waals surface area contributed by atoms with Gasteiger partial charge in [0.15, 0.2) is 5.96 Å². The number of fused-ring (bicyclic) bond motifs is 1. The Hall–Kier alpha value is -2.42. The van der Waals surface area contributed by atoms with Gasteiger partial charge in [0, 0.05) is 32.1 Å². The molecule has 1 heterocycles. The number of unbranched alkanes of at least 4 members (excludes halogenated alkanes) is 1. The van der Waals surface area contributed by atoms with E-state index in [4.69, 9.17) is 0 Å². The quantitative estimate of drug-likeness (QED) is 0.179. The number of carbonyl (C=O) groups excluding carboxylic acids is 2. The lowest BCUT2D eigenvalue weighted by Crippen LogP contribution is -2.41. The minimum Gasteiger partial charge on any atom is -0.356 e. The molecular weight excluding hydrogens is 503 g/mol. The molecule has 7 heteroatoms. The third-order valence-electron chi connectivity index (χ3n) is 6.04. The van der Waals surface area contributed by atoms with E-state index in [0.717, 1.165) is 31.9 Å². The summed E-state index contributed by atoms with van der Waals surface area (Å²) in [5.74, 6) is 0.422. The van der Waals surface area contributed by atoms with Gasteiger partial charge in [-0.2, -0.15) is 0 Å². The van der Waals surface area contributed by atoms with Crippen molar-refractivity contribution in [1.82, 2.24) is 15.5 Å². The van der Waals surface area contributed by atoms with Crippen molar-refractivity contribution < 1.29 is 9.59 Å². The molecule has 2 amide bonds. The molecule has 4 rings (SSSR count). The lowest BCUT2D eigenvalue weighted by Gasteiger charge is -2.19. The summed E-state index contributed by atoms with van der Waals surface area (Å²) in [5, 5.41) is 6.79. The molecule has 0 radical (unpaired) electrons. The normalized spacial score (nSPS) is 16.5. The summed E-state index contributed by atoms with van der Waals surface area (Å²) in [5.41, 5.74) is 2.63. The predicted molar refractivity (Wildman–Crippen MR) is 133 cm³/mol. The van der Waals surface area contributed by atoms with Crippen LogP contribution in [0.25, 0.3) is 0 Å². The fourth-order valence-corrected chi connectivity index (χ4v) is 4.03. The van der Waals surface area contributed by atoms with Crippen LogP contribution in [0.1, 0.15) is 52.0 Å². The second-order valence-corrected chi connectivity index (χ2v) is 8.01. The summed E-state index contributed by atoms with van der Waals surface area (Å²) in [4.78, 5) is 30.4. The van der Waals surface area contributed by atoms with E-state index in [1.807, 2.05) is 0 Å². The van der Waals surface area contributed by atoms with Gasteiger partial charge in [0.2, 0.25) is 0 Å². The summed E-state index contributed by atoms with van der Waals surface area (Å²) in [6.07, 6.45) is 3.99. The third kappa shape index (κ3) is 5.08. The van der Waals surface area contributed by atoms with Crippen molar-refractivity contribution >= 4 is 41.8 Å². The standard InChI is InChI=1S/C24H28N4O2.HI/c1-25-23(27-17-24(13-14-24)18-9-3-2-4-10-18)26-15-7-8-16-28-21(29)19-11-5-6-12-20(19)22(28)30;/h2-6,9-12H,7-8,13-17H2,1H3,(H2,25,26,27);1H. The zero-order chi connectivity index (χ0) is 21.0. The van der Waals surface area contributed by atoms with Crippen LogP contribution in [0, 0.1) is 0 Å². The van der Waals surface area contributed by atoms with E-state index in [0.29, 0.717) is 17.7 Å². The van der Waals surface area contributed by atoms with Crippen LogP contribution in [0.5, 0.6) is 0 Å². The number of aliphatic imine (C=N–C) groups is 1. The van der Waals surface area contributed by atoms with E-state index in [9.17, 15) is 9.59 Å². The van der Waals surface area contributed by atoms with Crippen LogP contribution >= 0.6 is 24.0 Å². The van der Waals surface area contributed by atoms with Crippen LogP contribution in [-0.2, 0) is 5.41 Å². The number of nitrogens with zero attached hydrogens (tertiary/aromatic N) is 2. The second-order valence-electron chi connectivity index (χ2n) is 8.01. The number of rotatable bonds is 8. The summed E-state index contributed by atoms with van der Waals surface area (Å²) < 4.78 is 0. The first-order chi connectivity index (χ1) is 14.6. The summed E-state index contributed by atoms with van der Waals surface area (Å²) in [6, 6.07) is 17.7. The van der Waals surface area contributed by atoms with Gasteiger partial charge in [-0.05, 0) is 43.4 Å². The van der Waals surface area contributed by atoms with Crippen molar-refractivity contribution in [2.24, 2.45) is 4.99 Å². The number of halogens is 1. The molecule has 2 aromatic rings. The average molecular weight is 532 g/mol. The number of guanidine groups is 1. The zero-order valence-electron chi connectivity index (χ0n) is 17.8. The molecular formula is C24H29IN4O2. The highest BCUT2D eigenvalue weighted by Crippen LogP contribution is 2.47. The molecule has 1 fully saturated rings. The number of imide groups is 1. The molecule has 2 aromatic carbocycles. The van der Waals surface area contributed by atoms with E-state index < -0.39 is 0 Å². The molecule has 1 saturated carbocycles. The Kier molecular flexibility index (Phi) is 7.69. The van der Waals surface area contributed by atoms with E-state index in [2.05, 4.69) is 46.0 Å². The first kappa shape index (κ1) is 23.2. The van der Waals surface area contributed by atoms with Crippen LogP contribution in [0.3, 0.4) is 0 Å². The van der Waals surface area contributed by atoms with Gasteiger partial charge >= 0.3 is 0 Å². The Labute approximate surface area is 200 Å². The highest BCUT2D eigenvalue weighted by Gasteiger charge is 2.44. The Morgan fingerprint density at radius 3 is 2.13 bits per heavy atom. The number of hydrogen-bond acceptors (Lipinski definition) is 3. The molecule has 1 aliphatic heterocycles. The van der Waals surface area contributed by atoms with Crippen molar-refractivity contribution in [2.45, 2.75) is 31.1 Å². The van der Waals surface area contributed by atoms with Crippen LogP contribution in [0.2, 0.25) is 0 Å². The van der Waals surface area contributed by atoms with E-state index in [1.165, 1.54) is 23.3 Å². The molecule has 2 aliphatic rings. The number of carbonyl (C=O) groups is 2. The molecule has 2 N–H and O–H groups in total. The molecule has 0 aromatic heterocycles. The monoisotopic (exact) mass is 532 g/mol. The van der Waals surface area contributed by atoms with Gasteiger partial charge in [0.05, 0.1) is 11.1 Å². The minimum atomic E-state index is -0.184. The largest absolute Gasteiger partial charge is 0.356 e. The molecule has 0 atom stereocenters. The Balaban J connectivity index is 0.00000272. The van der Waals surface area contributed by atoms with Crippen LogP contribution in [0.4, 0.5) is 0 Å². The summed E-state index contributed by atoms with van der Waals surface area (Å²) >= 11 is 0. The van der Waals surface area contributed by atoms with Gasteiger partial charge in [-0.1, -0.05) is 42.5 Å². The Morgan fingerprint density at radius 2 is 1.55 bits per heavy atom. The average Bonchev–Trinajstić information content (AvgIpc) is 3.55. The zero-order valence-corrected chi connectivity index (χ0v) is 20.1. The lowest BCUT2D eigenvalue weighted by atomic mass is 9.96. The lowest BCUT2D eigenvalue weighted by molar-refractivity contribution is 0.0652. The highest BCUT2D eigenvalue weighted by molar-refractivity contribution is 14.0. The van der Waals surface area contributed by atoms with Gasteiger partial charge in [0.1, 0.15) is 0 Å². The maximum absolute atomic E-state index is 12.4. The van der Waals surface area contributed by atoms with E-state index in [-0.39, 0.29) is 41.2 Å². The predicted octanol–water partition coefficient (Wildman–Crippen LogP) is 3.58. The number of amides is 2. The second kappa shape index (κ2) is 10.3. The molecule has 6 nitrogen and oxygen atoms in total. The maximum atomic E-state index is 12.4. The smallest absolute Gasteiger partial charge is 0.261 e. The van der Waals surface area contributed by atoms with Crippen molar-refractivity contribution in [3.8, 4) is 0 Å². The summed E-state index contributed by atoms with van der Waals surface area (Å²) in [7, 11) is 1.77. The topological polar surface area (TPSA) is 73.8 Å². The van der Waals surface area contributed by atoms with Crippen molar-refractivity contribution in [3.05, 3.63) is 71.3 Å². The molecule has 0 spiro atoms. The highest BCUT2D eigenvalue weighted by atomic mass is 127. The molecule has 0 unspecified atom stereocenters. The van der Waals surface area contributed by atoms with Crippen molar-refractivity contribution in [3.63, 3.8) is 0 Å². The molecule has 164 valence electrons. The number of nitrogens with one attached hydrogen (secondary N) is 2. The molecule has 0 bridgehead atoms. The van der Waals surface area contributed by atoms with Crippen LogP contribution < -0.4 is 10.6 Å². The SMILES string of the molecule is CN=C(NCCCCN1C(=O)c2ccccc2C1=O)NCC1(c2ccccc2)CC1.I. The van der Waals surface area contributed by atoms with E-state index in [1.54, 1.807) is 31.3 Å². The minimum absolute atomic E-state index is 0. The van der Waals surface area contributed by atoms with Gasteiger partial charge in [-0.15, -0.1) is 24.0 Å².